The second kappa shape index (κ2) is 3.57. The Hall–Kier alpha value is -1.10. The molecule has 0 bridgehead atoms. The summed E-state index contributed by atoms with van der Waals surface area (Å²) in [5.41, 5.74) is 0.676. The van der Waals surface area contributed by atoms with Gasteiger partial charge in [-0.05, 0) is 12.5 Å². The number of halogens is 2. The minimum Gasteiger partial charge on any atom is -0.366 e. The predicted octanol–water partition coefficient (Wildman–Crippen LogP) is 1.96. The van der Waals surface area contributed by atoms with E-state index in [4.69, 9.17) is 4.74 Å². The number of hydrogen-bond acceptors (Lipinski definition) is 3. The summed E-state index contributed by atoms with van der Waals surface area (Å²) in [7, 11) is 0. The molecule has 0 N–H and O–H groups in total. The molecule has 0 saturated carbocycles. The van der Waals surface area contributed by atoms with E-state index in [1.807, 2.05) is 0 Å². The zero-order chi connectivity index (χ0) is 10.0. The minimum atomic E-state index is -2.68. The molecule has 1 aliphatic rings. The Labute approximate surface area is 80.1 Å². The zero-order valence-corrected chi connectivity index (χ0v) is 7.49. The van der Waals surface area contributed by atoms with Crippen LogP contribution in [0.3, 0.4) is 0 Å². The van der Waals surface area contributed by atoms with E-state index in [1.165, 1.54) is 6.33 Å². The van der Waals surface area contributed by atoms with Crippen LogP contribution >= 0.6 is 0 Å². The Morgan fingerprint density at radius 2 is 2.36 bits per heavy atom. The van der Waals surface area contributed by atoms with Crippen molar-refractivity contribution >= 4 is 0 Å². The van der Waals surface area contributed by atoms with Gasteiger partial charge in [-0.25, -0.2) is 18.7 Å². The molecule has 1 saturated heterocycles. The maximum atomic E-state index is 12.7. The lowest BCUT2D eigenvalue weighted by Crippen LogP contribution is -2.31. The molecule has 14 heavy (non-hydrogen) atoms. The van der Waals surface area contributed by atoms with Gasteiger partial charge >= 0.3 is 0 Å². The van der Waals surface area contributed by atoms with Crippen LogP contribution in [0.2, 0.25) is 0 Å². The Morgan fingerprint density at radius 1 is 1.50 bits per heavy atom. The average Bonchev–Trinajstić information content (AvgIpc) is 2.19. The molecule has 1 fully saturated rings. The highest BCUT2D eigenvalue weighted by Crippen LogP contribution is 2.34. The fourth-order valence-corrected chi connectivity index (χ4v) is 1.44. The first-order valence-corrected chi connectivity index (χ1v) is 4.43. The van der Waals surface area contributed by atoms with E-state index >= 15 is 0 Å². The van der Waals surface area contributed by atoms with Crippen LogP contribution in [-0.2, 0) is 4.74 Å². The molecule has 3 nitrogen and oxygen atoms in total. The molecule has 76 valence electrons. The second-order valence-electron chi connectivity index (χ2n) is 3.33. The van der Waals surface area contributed by atoms with E-state index in [1.54, 1.807) is 12.3 Å². The van der Waals surface area contributed by atoms with Gasteiger partial charge in [0.15, 0.2) is 0 Å². The van der Waals surface area contributed by atoms with Gasteiger partial charge in [0, 0.05) is 12.6 Å². The standard InChI is InChI=1S/C9H10F2N2O/c10-9(11)3-1-8(14-5-9)7-2-4-12-6-13-7/h2,4,6,8H,1,3,5H2. The van der Waals surface area contributed by atoms with Crippen LogP contribution in [0.5, 0.6) is 0 Å². The van der Waals surface area contributed by atoms with Gasteiger partial charge in [0.1, 0.15) is 19.0 Å². The summed E-state index contributed by atoms with van der Waals surface area (Å²) in [6, 6.07) is 1.69. The van der Waals surface area contributed by atoms with Crippen molar-refractivity contribution in [2.75, 3.05) is 6.61 Å². The van der Waals surface area contributed by atoms with Crippen molar-refractivity contribution < 1.29 is 13.5 Å². The summed E-state index contributed by atoms with van der Waals surface area (Å²) in [5, 5.41) is 0. The van der Waals surface area contributed by atoms with Gasteiger partial charge in [0.05, 0.1) is 5.69 Å². The van der Waals surface area contributed by atoms with Gasteiger partial charge in [-0.15, -0.1) is 0 Å². The quantitative estimate of drug-likeness (QED) is 0.695. The van der Waals surface area contributed by atoms with Crippen molar-refractivity contribution in [3.8, 4) is 0 Å². The average molecular weight is 200 g/mol. The molecule has 0 spiro atoms. The van der Waals surface area contributed by atoms with Crippen LogP contribution in [0.15, 0.2) is 18.6 Å². The van der Waals surface area contributed by atoms with Crippen molar-refractivity contribution in [3.63, 3.8) is 0 Å². The third kappa shape index (κ3) is 2.04. The Kier molecular flexibility index (Phi) is 2.41. The van der Waals surface area contributed by atoms with Crippen LogP contribution in [0, 0.1) is 0 Å². The van der Waals surface area contributed by atoms with E-state index in [2.05, 4.69) is 9.97 Å². The number of nitrogens with zero attached hydrogens (tertiary/aromatic N) is 2. The third-order valence-corrected chi connectivity index (χ3v) is 2.20. The number of rotatable bonds is 1. The fraction of sp³-hybridized carbons (Fsp3) is 0.556. The van der Waals surface area contributed by atoms with Crippen molar-refractivity contribution in [2.45, 2.75) is 24.9 Å². The SMILES string of the molecule is FC1(F)CCC(c2ccncn2)OC1. The first kappa shape index (κ1) is 9.45. The maximum Gasteiger partial charge on any atom is 0.271 e. The highest BCUT2D eigenvalue weighted by Gasteiger charge is 2.36. The summed E-state index contributed by atoms with van der Waals surface area (Å²) >= 11 is 0. The molecule has 0 aliphatic carbocycles. The van der Waals surface area contributed by atoms with Crippen LogP contribution in [0.1, 0.15) is 24.6 Å². The van der Waals surface area contributed by atoms with E-state index < -0.39 is 12.5 Å². The second-order valence-corrected chi connectivity index (χ2v) is 3.33. The molecule has 0 amide bonds. The van der Waals surface area contributed by atoms with Crippen molar-refractivity contribution in [1.82, 2.24) is 9.97 Å². The van der Waals surface area contributed by atoms with Crippen molar-refractivity contribution in [2.24, 2.45) is 0 Å². The van der Waals surface area contributed by atoms with Gasteiger partial charge in [0.25, 0.3) is 5.92 Å². The molecule has 1 aromatic rings. The topological polar surface area (TPSA) is 35.0 Å². The van der Waals surface area contributed by atoms with Gasteiger partial charge in [-0.1, -0.05) is 0 Å². The molecule has 1 aliphatic heterocycles. The molecule has 1 atom stereocenters. The lowest BCUT2D eigenvalue weighted by molar-refractivity contribution is -0.146. The third-order valence-electron chi connectivity index (χ3n) is 2.20. The van der Waals surface area contributed by atoms with E-state index in [0.717, 1.165) is 0 Å². The molecular weight excluding hydrogens is 190 g/mol. The van der Waals surface area contributed by atoms with E-state index in [9.17, 15) is 8.78 Å². The van der Waals surface area contributed by atoms with E-state index in [0.29, 0.717) is 12.1 Å². The molecule has 1 aromatic heterocycles. The summed E-state index contributed by atoms with van der Waals surface area (Å²) in [4.78, 5) is 7.72. The predicted molar refractivity (Wildman–Crippen MR) is 44.9 cm³/mol. The number of alkyl halides is 2. The number of hydrogen-bond donors (Lipinski definition) is 0. The Balaban J connectivity index is 2.03. The van der Waals surface area contributed by atoms with Gasteiger partial charge in [-0.3, -0.25) is 0 Å². The highest BCUT2D eigenvalue weighted by atomic mass is 19.3. The van der Waals surface area contributed by atoms with Gasteiger partial charge < -0.3 is 4.74 Å². The molecule has 0 radical (unpaired) electrons. The fourth-order valence-electron chi connectivity index (χ4n) is 1.44. The molecular formula is C9H10F2N2O. The molecule has 0 aromatic carbocycles. The maximum absolute atomic E-state index is 12.7. The Bertz CT molecular complexity index is 295. The molecule has 1 unspecified atom stereocenters. The van der Waals surface area contributed by atoms with Gasteiger partial charge in [0.2, 0.25) is 0 Å². The molecule has 2 heterocycles. The summed E-state index contributed by atoms with van der Waals surface area (Å²) < 4.78 is 30.5. The monoisotopic (exact) mass is 200 g/mol. The largest absolute Gasteiger partial charge is 0.366 e. The summed E-state index contributed by atoms with van der Waals surface area (Å²) in [6.45, 7) is -0.512. The first-order chi connectivity index (χ1) is 6.67. The molecule has 5 heteroatoms. The lowest BCUT2D eigenvalue weighted by atomic mass is 10.0. The minimum absolute atomic E-state index is 0.137. The zero-order valence-electron chi connectivity index (χ0n) is 7.49. The van der Waals surface area contributed by atoms with E-state index in [-0.39, 0.29) is 12.5 Å². The van der Waals surface area contributed by atoms with Crippen LogP contribution < -0.4 is 0 Å². The number of ether oxygens (including phenoxy) is 1. The smallest absolute Gasteiger partial charge is 0.271 e. The normalized spacial score (nSPS) is 26.0. The highest BCUT2D eigenvalue weighted by molar-refractivity contribution is 5.03. The number of aromatic nitrogens is 2. The van der Waals surface area contributed by atoms with Crippen molar-refractivity contribution in [1.29, 1.82) is 0 Å². The van der Waals surface area contributed by atoms with Crippen LogP contribution in [-0.4, -0.2) is 22.5 Å². The lowest BCUT2D eigenvalue weighted by Gasteiger charge is -2.28. The van der Waals surface area contributed by atoms with Gasteiger partial charge in [-0.2, -0.15) is 0 Å². The van der Waals surface area contributed by atoms with Crippen LogP contribution in [0.4, 0.5) is 8.78 Å². The summed E-state index contributed by atoms with van der Waals surface area (Å²) in [6.07, 6.45) is 2.84. The van der Waals surface area contributed by atoms with Crippen LogP contribution in [0.25, 0.3) is 0 Å². The molecule has 2 rings (SSSR count). The van der Waals surface area contributed by atoms with Crippen molar-refractivity contribution in [3.05, 3.63) is 24.3 Å². The first-order valence-electron chi connectivity index (χ1n) is 4.43. The summed E-state index contributed by atoms with van der Waals surface area (Å²) in [5.74, 6) is -2.68. The Morgan fingerprint density at radius 3 is 2.93 bits per heavy atom.